The van der Waals surface area contributed by atoms with Crippen LogP contribution in [0.2, 0.25) is 0 Å². The summed E-state index contributed by atoms with van der Waals surface area (Å²) in [4.78, 5) is 2.22. The third-order valence-electron chi connectivity index (χ3n) is 4.08. The predicted molar refractivity (Wildman–Crippen MR) is 79.9 cm³/mol. The molecule has 3 nitrogen and oxygen atoms in total. The van der Waals surface area contributed by atoms with Gasteiger partial charge in [0.15, 0.2) is 0 Å². The molecule has 1 fully saturated rings. The van der Waals surface area contributed by atoms with Gasteiger partial charge in [-0.3, -0.25) is 4.90 Å². The average molecular weight is 328 g/mol. The van der Waals surface area contributed by atoms with Gasteiger partial charge in [-0.2, -0.15) is 0 Å². The van der Waals surface area contributed by atoms with Crippen LogP contribution in [0.4, 0.5) is 0 Å². The fourth-order valence-electron chi connectivity index (χ4n) is 2.87. The lowest BCUT2D eigenvalue weighted by molar-refractivity contribution is 0.0166. The molecule has 0 aromatic heterocycles. The maximum atomic E-state index is 10.3. The molecule has 1 heterocycles. The van der Waals surface area contributed by atoms with E-state index in [9.17, 15) is 10.2 Å². The highest BCUT2D eigenvalue weighted by atomic mass is 79.9. The Kier molecular flexibility index (Phi) is 5.39. The van der Waals surface area contributed by atoms with Crippen LogP contribution in [0.1, 0.15) is 31.4 Å². The largest absolute Gasteiger partial charge is 0.395 e. The standard InChI is InChI=1S/C15H22BrNO2/c1-11-3-2-8-17(14(11)10-18)9-15(19)12-4-6-13(16)7-5-12/h4-7,11,14-15,18-19H,2-3,8-10H2,1H3/t11-,14+,15+/m1/s1. The number of likely N-dealkylation sites (tertiary alicyclic amines) is 1. The number of piperidine rings is 1. The normalized spacial score (nSPS) is 26.3. The topological polar surface area (TPSA) is 43.7 Å². The summed E-state index contributed by atoms with van der Waals surface area (Å²) in [5.41, 5.74) is 0.929. The fourth-order valence-corrected chi connectivity index (χ4v) is 3.13. The maximum Gasteiger partial charge on any atom is 0.0917 e. The van der Waals surface area contributed by atoms with E-state index in [-0.39, 0.29) is 12.6 Å². The number of benzene rings is 1. The molecule has 106 valence electrons. The zero-order chi connectivity index (χ0) is 13.8. The number of β-amino-alcohol motifs (C(OH)–C–C–N with tert-alkyl or cyclic N) is 1. The molecule has 1 aromatic carbocycles. The van der Waals surface area contributed by atoms with Gasteiger partial charge < -0.3 is 10.2 Å². The number of aliphatic hydroxyl groups is 2. The highest BCUT2D eigenvalue weighted by molar-refractivity contribution is 9.10. The number of nitrogens with zero attached hydrogens (tertiary/aromatic N) is 1. The van der Waals surface area contributed by atoms with Crippen molar-refractivity contribution in [2.45, 2.75) is 31.9 Å². The van der Waals surface area contributed by atoms with Crippen LogP contribution in [0.3, 0.4) is 0 Å². The summed E-state index contributed by atoms with van der Waals surface area (Å²) < 4.78 is 1.02. The van der Waals surface area contributed by atoms with E-state index in [4.69, 9.17) is 0 Å². The number of rotatable bonds is 4. The first-order valence-corrected chi connectivity index (χ1v) is 7.69. The van der Waals surface area contributed by atoms with Crippen LogP contribution in [-0.4, -0.2) is 40.9 Å². The van der Waals surface area contributed by atoms with E-state index in [0.717, 1.165) is 29.4 Å². The van der Waals surface area contributed by atoms with Gasteiger partial charge in [0, 0.05) is 17.1 Å². The Morgan fingerprint density at radius 3 is 2.68 bits per heavy atom. The molecule has 0 radical (unpaired) electrons. The molecule has 0 aliphatic carbocycles. The number of hydrogen-bond donors (Lipinski definition) is 2. The summed E-state index contributed by atoms with van der Waals surface area (Å²) in [5, 5.41) is 19.8. The highest BCUT2D eigenvalue weighted by Crippen LogP contribution is 2.26. The summed E-state index contributed by atoms with van der Waals surface area (Å²) in [6.45, 7) is 3.91. The Morgan fingerprint density at radius 1 is 1.37 bits per heavy atom. The fraction of sp³-hybridized carbons (Fsp3) is 0.600. The van der Waals surface area contributed by atoms with Crippen LogP contribution in [0.15, 0.2) is 28.7 Å². The van der Waals surface area contributed by atoms with Crippen molar-refractivity contribution < 1.29 is 10.2 Å². The Hall–Kier alpha value is -0.420. The van der Waals surface area contributed by atoms with E-state index >= 15 is 0 Å². The van der Waals surface area contributed by atoms with Crippen molar-refractivity contribution in [2.24, 2.45) is 5.92 Å². The minimum absolute atomic E-state index is 0.175. The molecule has 0 spiro atoms. The Bertz CT molecular complexity index is 396. The van der Waals surface area contributed by atoms with Crippen LogP contribution in [0, 0.1) is 5.92 Å². The van der Waals surface area contributed by atoms with Crippen molar-refractivity contribution in [1.82, 2.24) is 4.90 Å². The monoisotopic (exact) mass is 327 g/mol. The molecule has 3 atom stereocenters. The molecular weight excluding hydrogens is 306 g/mol. The second-order valence-electron chi connectivity index (χ2n) is 5.43. The molecule has 1 saturated heterocycles. The zero-order valence-corrected chi connectivity index (χ0v) is 12.9. The summed E-state index contributed by atoms with van der Waals surface area (Å²) in [5.74, 6) is 0.496. The van der Waals surface area contributed by atoms with Crippen LogP contribution in [0.5, 0.6) is 0 Å². The van der Waals surface area contributed by atoms with E-state index in [1.54, 1.807) is 0 Å². The zero-order valence-electron chi connectivity index (χ0n) is 11.3. The molecule has 1 aliphatic heterocycles. The first kappa shape index (κ1) is 15.0. The predicted octanol–water partition coefficient (Wildman–Crippen LogP) is 2.58. The minimum Gasteiger partial charge on any atom is -0.395 e. The first-order chi connectivity index (χ1) is 9.11. The molecule has 0 bridgehead atoms. The number of aliphatic hydroxyl groups excluding tert-OH is 2. The summed E-state index contributed by atoms with van der Waals surface area (Å²) in [6, 6.07) is 7.95. The van der Waals surface area contributed by atoms with E-state index in [2.05, 4.69) is 27.8 Å². The van der Waals surface area contributed by atoms with Crippen molar-refractivity contribution in [2.75, 3.05) is 19.7 Å². The molecule has 1 aromatic rings. The Morgan fingerprint density at radius 2 is 2.05 bits per heavy atom. The summed E-state index contributed by atoms with van der Waals surface area (Å²) >= 11 is 3.40. The lowest BCUT2D eigenvalue weighted by atomic mass is 9.90. The minimum atomic E-state index is -0.493. The summed E-state index contributed by atoms with van der Waals surface area (Å²) in [7, 11) is 0. The van der Waals surface area contributed by atoms with Gasteiger partial charge in [-0.25, -0.2) is 0 Å². The van der Waals surface area contributed by atoms with Crippen molar-refractivity contribution in [3.8, 4) is 0 Å². The van der Waals surface area contributed by atoms with Gasteiger partial charge in [0.05, 0.1) is 12.7 Å². The smallest absolute Gasteiger partial charge is 0.0917 e. The quantitative estimate of drug-likeness (QED) is 0.893. The Labute approximate surface area is 123 Å². The number of hydrogen-bond acceptors (Lipinski definition) is 3. The highest BCUT2D eigenvalue weighted by Gasteiger charge is 2.29. The van der Waals surface area contributed by atoms with Crippen molar-refractivity contribution in [3.63, 3.8) is 0 Å². The van der Waals surface area contributed by atoms with Crippen molar-refractivity contribution in [3.05, 3.63) is 34.3 Å². The lowest BCUT2D eigenvalue weighted by Crippen LogP contribution is -2.48. The van der Waals surface area contributed by atoms with Crippen LogP contribution in [-0.2, 0) is 0 Å². The molecule has 4 heteroatoms. The molecule has 19 heavy (non-hydrogen) atoms. The third-order valence-corrected chi connectivity index (χ3v) is 4.61. The van der Waals surface area contributed by atoms with Gasteiger partial charge in [-0.05, 0) is 43.0 Å². The third kappa shape index (κ3) is 3.78. The van der Waals surface area contributed by atoms with E-state index < -0.39 is 6.10 Å². The van der Waals surface area contributed by atoms with E-state index in [1.165, 1.54) is 0 Å². The van der Waals surface area contributed by atoms with Crippen LogP contribution >= 0.6 is 15.9 Å². The van der Waals surface area contributed by atoms with Crippen molar-refractivity contribution >= 4 is 15.9 Å². The molecule has 2 N–H and O–H groups in total. The van der Waals surface area contributed by atoms with Gasteiger partial charge in [0.2, 0.25) is 0 Å². The maximum absolute atomic E-state index is 10.3. The second-order valence-corrected chi connectivity index (χ2v) is 6.35. The van der Waals surface area contributed by atoms with E-state index in [0.29, 0.717) is 12.5 Å². The first-order valence-electron chi connectivity index (χ1n) is 6.90. The van der Waals surface area contributed by atoms with Gasteiger partial charge in [-0.1, -0.05) is 35.0 Å². The van der Waals surface area contributed by atoms with Crippen molar-refractivity contribution in [1.29, 1.82) is 0 Å². The lowest BCUT2D eigenvalue weighted by Gasteiger charge is -2.40. The van der Waals surface area contributed by atoms with Crippen LogP contribution < -0.4 is 0 Å². The molecule has 0 saturated carbocycles. The molecule has 1 aliphatic rings. The second kappa shape index (κ2) is 6.84. The van der Waals surface area contributed by atoms with Gasteiger partial charge in [0.1, 0.15) is 0 Å². The van der Waals surface area contributed by atoms with Crippen LogP contribution in [0.25, 0.3) is 0 Å². The van der Waals surface area contributed by atoms with Gasteiger partial charge >= 0.3 is 0 Å². The summed E-state index contributed by atoms with van der Waals surface area (Å²) in [6.07, 6.45) is 1.81. The number of halogens is 1. The van der Waals surface area contributed by atoms with Gasteiger partial charge in [-0.15, -0.1) is 0 Å². The Balaban J connectivity index is 2.00. The molecular formula is C15H22BrNO2. The van der Waals surface area contributed by atoms with E-state index in [1.807, 2.05) is 24.3 Å². The average Bonchev–Trinajstić information content (AvgIpc) is 2.39. The van der Waals surface area contributed by atoms with Gasteiger partial charge in [0.25, 0.3) is 0 Å². The molecule has 0 amide bonds. The molecule has 0 unspecified atom stereocenters. The SMILES string of the molecule is C[C@@H]1CCCN(C[C@H](O)c2ccc(Br)cc2)[C@H]1CO. The molecule has 2 rings (SSSR count).